The van der Waals surface area contributed by atoms with Gasteiger partial charge in [-0.15, -0.1) is 11.3 Å². The highest BCUT2D eigenvalue weighted by Crippen LogP contribution is 2.38. The minimum Gasteiger partial charge on any atom is -0.493 e. The Kier molecular flexibility index (Phi) is 6.28. The Hall–Kier alpha value is -2.62. The van der Waals surface area contributed by atoms with Crippen molar-refractivity contribution in [3.05, 3.63) is 62.9 Å². The summed E-state index contributed by atoms with van der Waals surface area (Å²) in [5.74, 6) is 1.26. The predicted octanol–water partition coefficient (Wildman–Crippen LogP) is 6.04. The van der Waals surface area contributed by atoms with Crippen LogP contribution in [0.3, 0.4) is 0 Å². The number of rotatable bonds is 6. The molecule has 1 heterocycles. The Morgan fingerprint density at radius 2 is 2.07 bits per heavy atom. The van der Waals surface area contributed by atoms with E-state index in [0.717, 1.165) is 21.3 Å². The van der Waals surface area contributed by atoms with Gasteiger partial charge in [-0.05, 0) is 46.6 Å². The van der Waals surface area contributed by atoms with Gasteiger partial charge in [0.25, 0.3) is 0 Å². The highest BCUT2D eigenvalue weighted by Gasteiger charge is 2.13. The third-order valence-electron chi connectivity index (χ3n) is 3.78. The van der Waals surface area contributed by atoms with E-state index in [1.165, 1.54) is 11.3 Å². The molecule has 0 fully saturated rings. The monoisotopic (exact) mass is 440 g/mol. The average Bonchev–Trinajstić information content (AvgIpc) is 3.18. The van der Waals surface area contributed by atoms with Crippen LogP contribution in [0.1, 0.15) is 17.5 Å². The van der Waals surface area contributed by atoms with Crippen molar-refractivity contribution in [3.8, 4) is 28.8 Å². The maximum Gasteiger partial charge on any atom is 0.175 e. The van der Waals surface area contributed by atoms with Crippen molar-refractivity contribution in [1.82, 2.24) is 4.98 Å². The molecular formula is C21H17BrN2O2S. The standard InChI is InChI=1S/C21H17BrN2O2S/c1-3-26-20-17(22)10-14(11-19(20)25-2)9-16(12-23)21-24-18(13-27-21)15-7-5-4-6-8-15/h4-11,13H,3H2,1-2H3/b16-9-. The molecule has 6 heteroatoms. The predicted molar refractivity (Wildman–Crippen MR) is 113 cm³/mol. The molecule has 0 saturated heterocycles. The van der Waals surface area contributed by atoms with E-state index in [0.29, 0.717) is 28.7 Å². The largest absolute Gasteiger partial charge is 0.493 e. The fourth-order valence-electron chi connectivity index (χ4n) is 2.55. The second kappa shape index (κ2) is 8.85. The van der Waals surface area contributed by atoms with Gasteiger partial charge in [-0.25, -0.2) is 4.98 Å². The van der Waals surface area contributed by atoms with Gasteiger partial charge in [-0.2, -0.15) is 5.26 Å². The highest BCUT2D eigenvalue weighted by molar-refractivity contribution is 9.10. The first kappa shape index (κ1) is 19.2. The number of nitrogens with zero attached hydrogens (tertiary/aromatic N) is 2. The summed E-state index contributed by atoms with van der Waals surface area (Å²) >= 11 is 4.96. The number of aromatic nitrogens is 1. The molecule has 0 spiro atoms. The second-order valence-electron chi connectivity index (χ2n) is 5.54. The topological polar surface area (TPSA) is 55.1 Å². The average molecular weight is 441 g/mol. The van der Waals surface area contributed by atoms with Gasteiger partial charge < -0.3 is 9.47 Å². The van der Waals surface area contributed by atoms with Crippen molar-refractivity contribution < 1.29 is 9.47 Å². The number of nitriles is 1. The van der Waals surface area contributed by atoms with Crippen LogP contribution in [0, 0.1) is 11.3 Å². The normalized spacial score (nSPS) is 11.1. The van der Waals surface area contributed by atoms with E-state index in [1.54, 1.807) is 13.2 Å². The molecule has 0 aliphatic rings. The molecule has 0 atom stereocenters. The van der Waals surface area contributed by atoms with Gasteiger partial charge in [0, 0.05) is 10.9 Å². The molecule has 3 rings (SSSR count). The maximum absolute atomic E-state index is 9.64. The van der Waals surface area contributed by atoms with Crippen LogP contribution in [0.4, 0.5) is 0 Å². The Bertz CT molecular complexity index is 1010. The van der Waals surface area contributed by atoms with E-state index in [-0.39, 0.29) is 0 Å². The number of thiazole rings is 1. The van der Waals surface area contributed by atoms with Gasteiger partial charge in [0.05, 0.1) is 29.5 Å². The van der Waals surface area contributed by atoms with Gasteiger partial charge in [0.15, 0.2) is 11.5 Å². The van der Waals surface area contributed by atoms with Crippen molar-refractivity contribution >= 4 is 38.9 Å². The summed E-state index contributed by atoms with van der Waals surface area (Å²) in [7, 11) is 1.59. The minimum absolute atomic E-state index is 0.500. The SMILES string of the molecule is CCOc1c(Br)cc(/C=C(/C#N)c2nc(-c3ccccc3)cs2)cc1OC. The van der Waals surface area contributed by atoms with Crippen molar-refractivity contribution in [3.63, 3.8) is 0 Å². The van der Waals surface area contributed by atoms with Crippen molar-refractivity contribution in [2.24, 2.45) is 0 Å². The van der Waals surface area contributed by atoms with E-state index in [2.05, 4.69) is 27.0 Å². The van der Waals surface area contributed by atoms with Gasteiger partial charge in [0.1, 0.15) is 11.1 Å². The fraction of sp³-hybridized carbons (Fsp3) is 0.143. The lowest BCUT2D eigenvalue weighted by Gasteiger charge is -2.12. The number of methoxy groups -OCH3 is 1. The quantitative estimate of drug-likeness (QED) is 0.438. The fourth-order valence-corrected chi connectivity index (χ4v) is 3.92. The van der Waals surface area contributed by atoms with Gasteiger partial charge in [0.2, 0.25) is 0 Å². The van der Waals surface area contributed by atoms with Crippen LogP contribution >= 0.6 is 27.3 Å². The second-order valence-corrected chi connectivity index (χ2v) is 7.25. The Morgan fingerprint density at radius 3 is 2.74 bits per heavy atom. The van der Waals surface area contributed by atoms with E-state index < -0.39 is 0 Å². The van der Waals surface area contributed by atoms with Gasteiger partial charge >= 0.3 is 0 Å². The van der Waals surface area contributed by atoms with Crippen LogP contribution in [0.25, 0.3) is 22.9 Å². The van der Waals surface area contributed by atoms with Crippen molar-refractivity contribution in [2.45, 2.75) is 6.92 Å². The van der Waals surface area contributed by atoms with E-state index >= 15 is 0 Å². The summed E-state index contributed by atoms with van der Waals surface area (Å²) in [5.41, 5.74) is 3.22. The van der Waals surface area contributed by atoms with E-state index in [4.69, 9.17) is 9.47 Å². The lowest BCUT2D eigenvalue weighted by Crippen LogP contribution is -1.97. The first-order valence-corrected chi connectivity index (χ1v) is 9.97. The zero-order valence-electron chi connectivity index (χ0n) is 14.9. The smallest absolute Gasteiger partial charge is 0.175 e. The number of hydrogen-bond acceptors (Lipinski definition) is 5. The number of ether oxygens (including phenoxy) is 2. The molecule has 0 radical (unpaired) electrons. The van der Waals surface area contributed by atoms with Crippen LogP contribution < -0.4 is 9.47 Å². The van der Waals surface area contributed by atoms with Crippen molar-refractivity contribution in [2.75, 3.05) is 13.7 Å². The molecule has 1 aromatic heterocycles. The first-order chi connectivity index (χ1) is 13.2. The molecule has 4 nitrogen and oxygen atoms in total. The third-order valence-corrected chi connectivity index (χ3v) is 5.24. The van der Waals surface area contributed by atoms with Gasteiger partial charge in [-0.1, -0.05) is 30.3 Å². The Morgan fingerprint density at radius 1 is 1.30 bits per heavy atom. The molecule has 0 saturated carbocycles. The number of benzene rings is 2. The molecule has 27 heavy (non-hydrogen) atoms. The third kappa shape index (κ3) is 4.38. The summed E-state index contributed by atoms with van der Waals surface area (Å²) in [6.07, 6.45) is 1.80. The molecule has 2 aromatic carbocycles. The Balaban J connectivity index is 1.97. The van der Waals surface area contributed by atoms with E-state index in [9.17, 15) is 5.26 Å². The number of halogens is 1. The van der Waals surface area contributed by atoms with Crippen LogP contribution in [-0.4, -0.2) is 18.7 Å². The molecule has 3 aromatic rings. The van der Waals surface area contributed by atoms with E-state index in [1.807, 2.05) is 54.8 Å². The maximum atomic E-state index is 9.64. The van der Waals surface area contributed by atoms with Gasteiger partial charge in [-0.3, -0.25) is 0 Å². The lowest BCUT2D eigenvalue weighted by atomic mass is 10.1. The molecule has 0 aliphatic heterocycles. The molecule has 0 N–H and O–H groups in total. The molecule has 136 valence electrons. The number of hydrogen-bond donors (Lipinski definition) is 0. The summed E-state index contributed by atoms with van der Waals surface area (Å²) < 4.78 is 11.8. The zero-order chi connectivity index (χ0) is 19.2. The summed E-state index contributed by atoms with van der Waals surface area (Å²) in [4.78, 5) is 4.62. The highest BCUT2D eigenvalue weighted by atomic mass is 79.9. The molecule has 0 bridgehead atoms. The molecular weight excluding hydrogens is 424 g/mol. The van der Waals surface area contributed by atoms with Crippen molar-refractivity contribution in [1.29, 1.82) is 5.26 Å². The molecule has 0 unspecified atom stereocenters. The molecule has 0 amide bonds. The summed E-state index contributed by atoms with van der Waals surface area (Å²) in [5, 5.41) is 12.3. The van der Waals surface area contributed by atoms with Crippen LogP contribution in [0.5, 0.6) is 11.5 Å². The van der Waals surface area contributed by atoms with Crippen LogP contribution in [0.15, 0.2) is 52.3 Å². The zero-order valence-corrected chi connectivity index (χ0v) is 17.3. The first-order valence-electron chi connectivity index (χ1n) is 8.29. The Labute approximate surface area is 170 Å². The van der Waals surface area contributed by atoms with Crippen LogP contribution in [-0.2, 0) is 0 Å². The lowest BCUT2D eigenvalue weighted by molar-refractivity contribution is 0.309. The number of allylic oxidation sites excluding steroid dienone is 1. The summed E-state index contributed by atoms with van der Waals surface area (Å²) in [6, 6.07) is 15.9. The molecule has 0 aliphatic carbocycles. The summed E-state index contributed by atoms with van der Waals surface area (Å²) in [6.45, 7) is 2.45. The van der Waals surface area contributed by atoms with Crippen LogP contribution in [0.2, 0.25) is 0 Å². The minimum atomic E-state index is 0.500.